The molecule has 0 aromatic heterocycles. The highest BCUT2D eigenvalue weighted by molar-refractivity contribution is 14.2. The first kappa shape index (κ1) is 11.5. The Morgan fingerprint density at radius 1 is 1.31 bits per heavy atom. The highest BCUT2D eigenvalue weighted by Crippen LogP contribution is 2.32. The summed E-state index contributed by atoms with van der Waals surface area (Å²) >= 11 is 3.19. The van der Waals surface area contributed by atoms with E-state index in [4.69, 9.17) is 4.74 Å². The van der Waals surface area contributed by atoms with Gasteiger partial charge in [0.05, 0.1) is 0 Å². The molecular formula is C9H9FI2O. The molecule has 0 fully saturated rings. The van der Waals surface area contributed by atoms with E-state index in [0.29, 0.717) is 5.75 Å². The summed E-state index contributed by atoms with van der Waals surface area (Å²) in [5.74, 6) is 0.559. The lowest BCUT2D eigenvalue weighted by molar-refractivity contribution is 0.154. The van der Waals surface area contributed by atoms with Crippen LogP contribution in [0.5, 0.6) is 5.75 Å². The first-order valence-electron chi connectivity index (χ1n) is 3.86. The Hall–Kier alpha value is 0.410. The number of rotatable bonds is 3. The molecule has 0 aliphatic carbocycles. The van der Waals surface area contributed by atoms with Crippen LogP contribution in [0.2, 0.25) is 0 Å². The van der Waals surface area contributed by atoms with E-state index in [-0.39, 0.29) is 0 Å². The molecule has 1 nitrogen and oxygen atoms in total. The van der Waals surface area contributed by atoms with Gasteiger partial charge < -0.3 is 4.74 Å². The maximum absolute atomic E-state index is 13.0. The van der Waals surface area contributed by atoms with Crippen molar-refractivity contribution in [2.75, 3.05) is 0 Å². The number of aryl methyl sites for hydroxylation is 1. The summed E-state index contributed by atoms with van der Waals surface area (Å²) in [6, 6.07) is 7.44. The quantitative estimate of drug-likeness (QED) is 0.544. The molecule has 0 saturated heterocycles. The molecule has 0 aliphatic heterocycles. The Kier molecular flexibility index (Phi) is 4.21. The van der Waals surface area contributed by atoms with E-state index in [1.54, 1.807) is 57.3 Å². The van der Waals surface area contributed by atoms with Crippen molar-refractivity contribution in [3.8, 4) is 5.75 Å². The molecule has 13 heavy (non-hydrogen) atoms. The van der Waals surface area contributed by atoms with Gasteiger partial charge in [0.2, 0.25) is 0 Å². The van der Waals surface area contributed by atoms with Crippen LogP contribution in [-0.2, 0) is 6.42 Å². The van der Waals surface area contributed by atoms with Crippen LogP contribution in [0.25, 0.3) is 0 Å². The largest absolute Gasteiger partial charge is 0.442 e. The van der Waals surface area contributed by atoms with Crippen LogP contribution in [0.3, 0.4) is 0 Å². The number of alkyl halides is 3. The standard InChI is InChI=1S/C9H9FI2O/c1-2-7-3-5-8(6-4-7)13-9(10,11)12/h3-6H,2H2,1H3. The molecule has 0 atom stereocenters. The molecule has 0 amide bonds. The van der Waals surface area contributed by atoms with Gasteiger partial charge in [-0.25, -0.2) is 0 Å². The van der Waals surface area contributed by atoms with Crippen LogP contribution in [0.4, 0.5) is 4.39 Å². The summed E-state index contributed by atoms with van der Waals surface area (Å²) in [6.07, 6.45) is 0.982. The third-order valence-corrected chi connectivity index (χ3v) is 2.01. The summed E-state index contributed by atoms with van der Waals surface area (Å²) < 4.78 is 16.4. The highest BCUT2D eigenvalue weighted by Gasteiger charge is 2.21. The third kappa shape index (κ3) is 4.44. The Labute approximate surface area is 104 Å². The second kappa shape index (κ2) is 4.77. The fourth-order valence-corrected chi connectivity index (χ4v) is 1.44. The van der Waals surface area contributed by atoms with Crippen LogP contribution >= 0.6 is 45.2 Å². The molecule has 0 radical (unpaired) electrons. The average molecular weight is 406 g/mol. The Morgan fingerprint density at radius 3 is 2.23 bits per heavy atom. The molecule has 1 rings (SSSR count). The zero-order valence-electron chi connectivity index (χ0n) is 7.06. The van der Waals surface area contributed by atoms with Gasteiger partial charge in [-0.1, -0.05) is 19.1 Å². The first-order chi connectivity index (χ1) is 6.01. The minimum atomic E-state index is -1.66. The minimum absolute atomic E-state index is 0.559. The fraction of sp³-hybridized carbons (Fsp3) is 0.333. The summed E-state index contributed by atoms with van der Waals surface area (Å²) in [5, 5.41) is 0. The normalized spacial score (nSPS) is 11.4. The number of hydrogen-bond acceptors (Lipinski definition) is 1. The fourth-order valence-electron chi connectivity index (χ4n) is 0.927. The molecule has 1 aromatic rings. The van der Waals surface area contributed by atoms with Crippen molar-refractivity contribution in [3.63, 3.8) is 0 Å². The molecule has 0 heterocycles. The molecule has 0 spiro atoms. The third-order valence-electron chi connectivity index (χ3n) is 1.57. The van der Waals surface area contributed by atoms with E-state index < -0.39 is 1.87 Å². The average Bonchev–Trinajstić information content (AvgIpc) is 2.03. The molecule has 72 valence electrons. The van der Waals surface area contributed by atoms with Crippen LogP contribution in [0.15, 0.2) is 24.3 Å². The summed E-state index contributed by atoms with van der Waals surface area (Å²) in [7, 11) is 0. The van der Waals surface area contributed by atoms with Gasteiger partial charge in [-0.3, -0.25) is 0 Å². The number of ether oxygens (including phenoxy) is 1. The van der Waals surface area contributed by atoms with Gasteiger partial charge in [0.1, 0.15) is 5.75 Å². The van der Waals surface area contributed by atoms with E-state index >= 15 is 0 Å². The zero-order chi connectivity index (χ0) is 9.90. The SMILES string of the molecule is CCc1ccc(OC(F)(I)I)cc1. The highest BCUT2D eigenvalue weighted by atomic mass is 127. The van der Waals surface area contributed by atoms with E-state index in [2.05, 4.69) is 6.92 Å². The maximum Gasteiger partial charge on any atom is 0.350 e. The van der Waals surface area contributed by atoms with E-state index in [0.717, 1.165) is 6.42 Å². The number of benzene rings is 1. The van der Waals surface area contributed by atoms with Crippen molar-refractivity contribution in [2.45, 2.75) is 15.2 Å². The lowest BCUT2D eigenvalue weighted by atomic mass is 10.2. The molecule has 0 saturated carbocycles. The lowest BCUT2D eigenvalue weighted by Crippen LogP contribution is -2.11. The van der Waals surface area contributed by atoms with Crippen molar-refractivity contribution >= 4 is 45.2 Å². The van der Waals surface area contributed by atoms with E-state index in [9.17, 15) is 4.39 Å². The van der Waals surface area contributed by atoms with Crippen LogP contribution in [0.1, 0.15) is 12.5 Å². The second-order valence-corrected chi connectivity index (χ2v) is 7.38. The predicted octanol–water partition coefficient (Wildman–Crippen LogP) is 4.08. The zero-order valence-corrected chi connectivity index (χ0v) is 11.4. The molecule has 4 heteroatoms. The molecule has 1 aromatic carbocycles. The Balaban J connectivity index is 2.70. The molecule has 0 N–H and O–H groups in total. The van der Waals surface area contributed by atoms with Gasteiger partial charge >= 0.3 is 1.87 Å². The van der Waals surface area contributed by atoms with Gasteiger partial charge in [0.25, 0.3) is 0 Å². The van der Waals surface area contributed by atoms with E-state index in [1.165, 1.54) is 5.56 Å². The molecule has 0 unspecified atom stereocenters. The Morgan fingerprint density at radius 2 is 1.85 bits per heavy atom. The van der Waals surface area contributed by atoms with Gasteiger partial charge in [-0.2, -0.15) is 4.39 Å². The summed E-state index contributed by atoms with van der Waals surface area (Å²) in [6.45, 7) is 2.08. The minimum Gasteiger partial charge on any atom is -0.442 e. The van der Waals surface area contributed by atoms with Crippen molar-refractivity contribution in [1.82, 2.24) is 0 Å². The van der Waals surface area contributed by atoms with Gasteiger partial charge in [0, 0.05) is 45.2 Å². The first-order valence-corrected chi connectivity index (χ1v) is 6.01. The predicted molar refractivity (Wildman–Crippen MR) is 68.3 cm³/mol. The van der Waals surface area contributed by atoms with Crippen molar-refractivity contribution in [1.29, 1.82) is 0 Å². The van der Waals surface area contributed by atoms with Gasteiger partial charge in [0.15, 0.2) is 0 Å². The molecular weight excluding hydrogens is 397 g/mol. The monoisotopic (exact) mass is 406 g/mol. The van der Waals surface area contributed by atoms with Crippen LogP contribution < -0.4 is 4.74 Å². The molecule has 0 aliphatic rings. The van der Waals surface area contributed by atoms with Gasteiger partial charge in [-0.15, -0.1) is 0 Å². The lowest BCUT2D eigenvalue weighted by Gasteiger charge is -2.13. The Bertz CT molecular complexity index is 266. The second-order valence-electron chi connectivity index (χ2n) is 2.55. The topological polar surface area (TPSA) is 9.23 Å². The van der Waals surface area contributed by atoms with Crippen LogP contribution in [0, 0.1) is 0 Å². The van der Waals surface area contributed by atoms with E-state index in [1.807, 2.05) is 12.1 Å². The smallest absolute Gasteiger partial charge is 0.350 e. The number of halogens is 3. The molecule has 0 bridgehead atoms. The van der Waals surface area contributed by atoms with Crippen LogP contribution in [-0.4, -0.2) is 1.87 Å². The van der Waals surface area contributed by atoms with Crippen molar-refractivity contribution in [3.05, 3.63) is 29.8 Å². The number of hydrogen-bond donors (Lipinski definition) is 0. The summed E-state index contributed by atoms with van der Waals surface area (Å²) in [4.78, 5) is 0. The van der Waals surface area contributed by atoms with Crippen molar-refractivity contribution in [2.24, 2.45) is 0 Å². The summed E-state index contributed by atoms with van der Waals surface area (Å²) in [5.41, 5.74) is 1.22. The van der Waals surface area contributed by atoms with Gasteiger partial charge in [-0.05, 0) is 24.1 Å². The van der Waals surface area contributed by atoms with Crippen molar-refractivity contribution < 1.29 is 9.13 Å². The maximum atomic E-state index is 13.0.